The van der Waals surface area contributed by atoms with Gasteiger partial charge in [0.1, 0.15) is 6.04 Å². The molecule has 24 heavy (non-hydrogen) atoms. The summed E-state index contributed by atoms with van der Waals surface area (Å²) >= 11 is 0. The van der Waals surface area contributed by atoms with Crippen LogP contribution < -0.4 is 5.56 Å². The number of H-pyrrole nitrogens is 1. The largest absolute Gasteiger partial charge is 0.480 e. The van der Waals surface area contributed by atoms with Crippen LogP contribution in [-0.2, 0) is 11.2 Å². The summed E-state index contributed by atoms with van der Waals surface area (Å²) < 4.78 is 1.22. The van der Waals surface area contributed by atoms with Crippen molar-refractivity contribution in [1.29, 1.82) is 0 Å². The lowest BCUT2D eigenvalue weighted by molar-refractivity contribution is -0.141. The maximum Gasteiger partial charge on any atom is 0.327 e. The van der Waals surface area contributed by atoms with E-state index in [1.165, 1.54) is 23.6 Å². The van der Waals surface area contributed by atoms with Gasteiger partial charge in [-0.15, -0.1) is 0 Å². The van der Waals surface area contributed by atoms with Crippen molar-refractivity contribution in [2.75, 3.05) is 0 Å². The first-order chi connectivity index (χ1) is 11.5. The zero-order chi connectivity index (χ0) is 17.0. The Balaban J connectivity index is 2.18. The highest BCUT2D eigenvalue weighted by molar-refractivity contribution is 6.02. The summed E-state index contributed by atoms with van der Waals surface area (Å²) in [6.45, 7) is 1.41. The number of carbonyl (C=O) groups excluding carboxylic acids is 1. The van der Waals surface area contributed by atoms with Crippen LogP contribution in [0.5, 0.6) is 0 Å². The molecule has 0 aliphatic carbocycles. The van der Waals surface area contributed by atoms with E-state index in [-0.39, 0.29) is 12.2 Å². The normalized spacial score (nSPS) is 15.8. The third-order valence-corrected chi connectivity index (χ3v) is 4.55. The van der Waals surface area contributed by atoms with Gasteiger partial charge in [-0.05, 0) is 24.6 Å². The maximum atomic E-state index is 12.4. The molecule has 0 saturated heterocycles. The third kappa shape index (κ3) is 1.86. The highest BCUT2D eigenvalue weighted by Crippen LogP contribution is 2.39. The predicted octanol–water partition coefficient (Wildman–Crippen LogP) is 2.38. The number of aliphatic carboxylic acids is 1. The molecule has 1 aromatic carbocycles. The Morgan fingerprint density at radius 3 is 2.67 bits per heavy atom. The van der Waals surface area contributed by atoms with Crippen molar-refractivity contribution < 1.29 is 14.7 Å². The zero-order valence-electron chi connectivity index (χ0n) is 12.9. The van der Waals surface area contributed by atoms with E-state index in [9.17, 15) is 19.5 Å². The van der Waals surface area contributed by atoms with Crippen molar-refractivity contribution in [2.45, 2.75) is 19.4 Å². The molecular formula is C18H14N2O4. The van der Waals surface area contributed by atoms with Gasteiger partial charge in [0, 0.05) is 29.0 Å². The van der Waals surface area contributed by atoms with Gasteiger partial charge in [0.2, 0.25) is 0 Å². The summed E-state index contributed by atoms with van der Waals surface area (Å²) in [4.78, 5) is 39.4. The van der Waals surface area contributed by atoms with Crippen LogP contribution in [0.3, 0.4) is 0 Å². The molecule has 6 heteroatoms. The smallest absolute Gasteiger partial charge is 0.327 e. The number of carboxylic acids is 1. The first-order valence-corrected chi connectivity index (χ1v) is 7.58. The first-order valence-electron chi connectivity index (χ1n) is 7.58. The van der Waals surface area contributed by atoms with Crippen molar-refractivity contribution >= 4 is 22.7 Å². The molecule has 1 aliphatic rings. The van der Waals surface area contributed by atoms with Gasteiger partial charge < -0.3 is 10.1 Å². The molecule has 1 atom stereocenters. The molecule has 120 valence electrons. The summed E-state index contributed by atoms with van der Waals surface area (Å²) in [6, 6.07) is 9.25. The molecular weight excluding hydrogens is 308 g/mol. The number of aromatic nitrogens is 2. The summed E-state index contributed by atoms with van der Waals surface area (Å²) in [7, 11) is 0. The highest BCUT2D eigenvalue weighted by atomic mass is 16.4. The Hall–Kier alpha value is -3.15. The van der Waals surface area contributed by atoms with E-state index in [0.717, 1.165) is 16.5 Å². The number of Topliss-reactive ketones (excluding diaryl/α,β-unsaturated/α-hetero) is 1. The van der Waals surface area contributed by atoms with E-state index in [4.69, 9.17) is 0 Å². The second kappa shape index (κ2) is 4.92. The number of benzene rings is 1. The van der Waals surface area contributed by atoms with Gasteiger partial charge >= 0.3 is 5.97 Å². The second-order valence-electron chi connectivity index (χ2n) is 5.94. The third-order valence-electron chi connectivity index (χ3n) is 4.55. The van der Waals surface area contributed by atoms with E-state index in [1.54, 1.807) is 0 Å². The second-order valence-corrected chi connectivity index (χ2v) is 5.94. The number of hydrogen-bond acceptors (Lipinski definition) is 3. The molecule has 0 radical (unpaired) electrons. The lowest BCUT2D eigenvalue weighted by atomic mass is 9.93. The van der Waals surface area contributed by atoms with Crippen molar-refractivity contribution in [3.63, 3.8) is 0 Å². The molecule has 0 bridgehead atoms. The van der Waals surface area contributed by atoms with Crippen molar-refractivity contribution in [3.05, 3.63) is 57.9 Å². The van der Waals surface area contributed by atoms with Crippen LogP contribution in [0.1, 0.15) is 28.9 Å². The lowest BCUT2D eigenvalue weighted by Gasteiger charge is -2.26. The van der Waals surface area contributed by atoms with Crippen LogP contribution in [0, 0.1) is 0 Å². The van der Waals surface area contributed by atoms with Crippen LogP contribution in [0.4, 0.5) is 0 Å². The number of carbonyl (C=O) groups is 2. The maximum absolute atomic E-state index is 12.4. The average Bonchev–Trinajstić information content (AvgIpc) is 2.92. The number of nitrogens with zero attached hydrogens (tertiary/aromatic N) is 1. The Morgan fingerprint density at radius 2 is 1.96 bits per heavy atom. The SMILES string of the molecule is CC(=O)c1ccc(=O)n2c1-c1[nH]c3ccccc3c1CC2C(=O)O. The molecule has 3 heterocycles. The molecule has 2 aromatic heterocycles. The van der Waals surface area contributed by atoms with Gasteiger partial charge in [-0.2, -0.15) is 0 Å². The van der Waals surface area contributed by atoms with Gasteiger partial charge in [0.05, 0.1) is 11.4 Å². The minimum absolute atomic E-state index is 0.197. The van der Waals surface area contributed by atoms with E-state index in [0.29, 0.717) is 17.0 Å². The summed E-state index contributed by atoms with van der Waals surface area (Å²) in [6.07, 6.45) is 0.197. The molecule has 0 amide bonds. The van der Waals surface area contributed by atoms with E-state index < -0.39 is 17.6 Å². The molecule has 0 fully saturated rings. The summed E-state index contributed by atoms with van der Waals surface area (Å²) in [5, 5.41) is 10.5. The zero-order valence-corrected chi connectivity index (χ0v) is 12.9. The number of ketones is 1. The van der Waals surface area contributed by atoms with E-state index in [2.05, 4.69) is 4.98 Å². The molecule has 4 rings (SSSR count). The Bertz CT molecular complexity index is 1070. The van der Waals surface area contributed by atoms with E-state index >= 15 is 0 Å². The fraction of sp³-hybridized carbons (Fsp3) is 0.167. The molecule has 2 N–H and O–H groups in total. The Morgan fingerprint density at radius 1 is 1.21 bits per heavy atom. The quantitative estimate of drug-likeness (QED) is 0.709. The molecule has 3 aromatic rings. The van der Waals surface area contributed by atoms with Crippen molar-refractivity contribution in [2.24, 2.45) is 0 Å². The van der Waals surface area contributed by atoms with Crippen LogP contribution >= 0.6 is 0 Å². The van der Waals surface area contributed by atoms with E-state index in [1.807, 2.05) is 24.3 Å². The molecule has 1 aliphatic heterocycles. The average molecular weight is 322 g/mol. The van der Waals surface area contributed by atoms with Gasteiger partial charge in [-0.3, -0.25) is 14.2 Å². The monoisotopic (exact) mass is 322 g/mol. The van der Waals surface area contributed by atoms with Crippen LogP contribution in [0.15, 0.2) is 41.2 Å². The molecule has 6 nitrogen and oxygen atoms in total. The van der Waals surface area contributed by atoms with Crippen LogP contribution in [0.2, 0.25) is 0 Å². The molecule has 1 unspecified atom stereocenters. The minimum Gasteiger partial charge on any atom is -0.480 e. The number of carboxylic acid groups (broad SMARTS) is 1. The minimum atomic E-state index is -1.09. The Labute approximate surface area is 136 Å². The fourth-order valence-electron chi connectivity index (χ4n) is 3.50. The topological polar surface area (TPSA) is 92.2 Å². The lowest BCUT2D eigenvalue weighted by Crippen LogP contribution is -2.35. The fourth-order valence-corrected chi connectivity index (χ4v) is 3.50. The molecule has 0 spiro atoms. The van der Waals surface area contributed by atoms with Gasteiger partial charge in [-0.1, -0.05) is 18.2 Å². The van der Waals surface area contributed by atoms with Crippen LogP contribution in [0.25, 0.3) is 22.3 Å². The number of para-hydroxylation sites is 1. The summed E-state index contributed by atoms with van der Waals surface area (Å²) in [5.41, 5.74) is 2.61. The number of rotatable bonds is 2. The number of nitrogens with one attached hydrogen (secondary N) is 1. The molecule has 0 saturated carbocycles. The van der Waals surface area contributed by atoms with Crippen molar-refractivity contribution in [3.8, 4) is 11.4 Å². The van der Waals surface area contributed by atoms with Crippen LogP contribution in [-0.4, -0.2) is 26.4 Å². The number of hydrogen-bond donors (Lipinski definition) is 2. The van der Waals surface area contributed by atoms with Gasteiger partial charge in [0.25, 0.3) is 5.56 Å². The highest BCUT2D eigenvalue weighted by Gasteiger charge is 2.34. The summed E-state index contributed by atoms with van der Waals surface area (Å²) in [5.74, 6) is -1.30. The number of fused-ring (bicyclic) bond motifs is 5. The standard InChI is InChI=1S/C18H14N2O4/c1-9(21)10-6-7-15(22)20-14(18(23)24)8-12-11-4-2-3-5-13(11)19-16(12)17(10)20/h2-7,14,19H,8H2,1H3,(H,23,24). The number of pyridine rings is 1. The van der Waals surface area contributed by atoms with Gasteiger partial charge in [0.15, 0.2) is 5.78 Å². The predicted molar refractivity (Wildman–Crippen MR) is 88.4 cm³/mol. The van der Waals surface area contributed by atoms with Gasteiger partial charge in [-0.25, -0.2) is 4.79 Å². The number of aromatic amines is 1. The Kier molecular flexibility index (Phi) is 2.96. The first kappa shape index (κ1) is 14.4. The van der Waals surface area contributed by atoms with Crippen molar-refractivity contribution in [1.82, 2.24) is 9.55 Å².